The lowest BCUT2D eigenvalue weighted by Crippen LogP contribution is -2.41. The fraction of sp³-hybridized carbons (Fsp3) is 0.429. The molecule has 0 bridgehead atoms. The number of aliphatic carboxylic acids is 1. The quantitative estimate of drug-likeness (QED) is 0.655. The lowest BCUT2D eigenvalue weighted by molar-refractivity contribution is -0.137. The van der Waals surface area contributed by atoms with E-state index in [4.69, 9.17) is 5.11 Å². The first-order valence-corrected chi connectivity index (χ1v) is 6.44. The van der Waals surface area contributed by atoms with Crippen LogP contribution in [-0.4, -0.2) is 47.3 Å². The summed E-state index contributed by atoms with van der Waals surface area (Å²) in [6, 6.07) is 8.48. The van der Waals surface area contributed by atoms with Gasteiger partial charge in [0.25, 0.3) is 0 Å². The maximum Gasteiger partial charge on any atom is 0.317 e. The Morgan fingerprint density at radius 1 is 1.30 bits per heavy atom. The first-order valence-electron chi connectivity index (χ1n) is 6.44. The van der Waals surface area contributed by atoms with E-state index in [2.05, 4.69) is 5.32 Å². The fourth-order valence-corrected chi connectivity index (χ4v) is 1.83. The highest BCUT2D eigenvalue weighted by molar-refractivity contribution is 5.74. The van der Waals surface area contributed by atoms with Crippen molar-refractivity contribution in [1.29, 1.82) is 0 Å². The zero-order chi connectivity index (χ0) is 15.0. The number of carbonyl (C=O) groups excluding carboxylic acids is 1. The van der Waals surface area contributed by atoms with E-state index in [0.29, 0.717) is 13.0 Å². The van der Waals surface area contributed by atoms with Crippen LogP contribution < -0.4 is 5.32 Å². The van der Waals surface area contributed by atoms with Crippen LogP contribution in [0.15, 0.2) is 30.3 Å². The number of benzene rings is 1. The summed E-state index contributed by atoms with van der Waals surface area (Å²) >= 11 is 0. The summed E-state index contributed by atoms with van der Waals surface area (Å²) in [7, 11) is 1.60. The summed E-state index contributed by atoms with van der Waals surface area (Å²) < 4.78 is 0. The van der Waals surface area contributed by atoms with Crippen molar-refractivity contribution in [3.8, 4) is 0 Å². The standard InChI is InChI=1S/C14H20N2O4/c1-16(14(20)15-9-5-8-13(18)19)12(10-17)11-6-3-2-4-7-11/h2-4,6-7,12,17H,5,8-10H2,1H3,(H,15,20)(H,18,19). The second kappa shape index (κ2) is 8.16. The van der Waals surface area contributed by atoms with Crippen molar-refractivity contribution in [2.24, 2.45) is 0 Å². The molecule has 20 heavy (non-hydrogen) atoms. The molecule has 1 atom stereocenters. The van der Waals surface area contributed by atoms with Crippen molar-refractivity contribution in [1.82, 2.24) is 10.2 Å². The minimum absolute atomic E-state index is 0.0199. The van der Waals surface area contributed by atoms with Crippen LogP contribution in [0.5, 0.6) is 0 Å². The molecule has 110 valence electrons. The normalized spacial score (nSPS) is 11.7. The average Bonchev–Trinajstić information content (AvgIpc) is 2.45. The Morgan fingerprint density at radius 2 is 1.95 bits per heavy atom. The molecule has 6 heteroatoms. The van der Waals surface area contributed by atoms with E-state index >= 15 is 0 Å². The van der Waals surface area contributed by atoms with E-state index in [1.807, 2.05) is 30.3 Å². The molecule has 0 aliphatic heterocycles. The zero-order valence-electron chi connectivity index (χ0n) is 11.5. The average molecular weight is 280 g/mol. The molecule has 1 aromatic rings. The number of hydrogen-bond acceptors (Lipinski definition) is 3. The maximum atomic E-state index is 11.9. The maximum absolute atomic E-state index is 11.9. The Hall–Kier alpha value is -2.08. The third kappa shape index (κ3) is 4.89. The molecular weight excluding hydrogens is 260 g/mol. The number of amides is 2. The molecule has 0 aliphatic rings. The Kier molecular flexibility index (Phi) is 6.52. The van der Waals surface area contributed by atoms with E-state index in [1.54, 1.807) is 7.05 Å². The topological polar surface area (TPSA) is 89.9 Å². The van der Waals surface area contributed by atoms with Gasteiger partial charge in [-0.1, -0.05) is 30.3 Å². The lowest BCUT2D eigenvalue weighted by Gasteiger charge is -2.27. The van der Waals surface area contributed by atoms with Gasteiger partial charge in [-0.05, 0) is 12.0 Å². The predicted molar refractivity (Wildman–Crippen MR) is 74.3 cm³/mol. The van der Waals surface area contributed by atoms with Gasteiger partial charge in [0.2, 0.25) is 0 Å². The fourth-order valence-electron chi connectivity index (χ4n) is 1.83. The molecule has 0 saturated heterocycles. The van der Waals surface area contributed by atoms with Crippen LogP contribution in [-0.2, 0) is 4.79 Å². The number of likely N-dealkylation sites (N-methyl/N-ethyl adjacent to an activating group) is 1. The van der Waals surface area contributed by atoms with Crippen molar-refractivity contribution in [3.63, 3.8) is 0 Å². The van der Waals surface area contributed by atoms with Crippen LogP contribution in [0.4, 0.5) is 4.79 Å². The van der Waals surface area contributed by atoms with Crippen molar-refractivity contribution in [2.75, 3.05) is 20.2 Å². The van der Waals surface area contributed by atoms with Gasteiger partial charge in [0, 0.05) is 20.0 Å². The minimum Gasteiger partial charge on any atom is -0.481 e. The second-order valence-electron chi connectivity index (χ2n) is 4.45. The molecule has 0 fully saturated rings. The first-order chi connectivity index (χ1) is 9.56. The van der Waals surface area contributed by atoms with Gasteiger partial charge >= 0.3 is 12.0 Å². The number of carboxylic acids is 1. The molecule has 3 N–H and O–H groups in total. The highest BCUT2D eigenvalue weighted by atomic mass is 16.4. The predicted octanol–water partition coefficient (Wildman–Crippen LogP) is 1.23. The summed E-state index contributed by atoms with van der Waals surface area (Å²) in [4.78, 5) is 23.7. The van der Waals surface area contributed by atoms with Gasteiger partial charge in [0.15, 0.2) is 0 Å². The Bertz CT molecular complexity index is 436. The van der Waals surface area contributed by atoms with Gasteiger partial charge < -0.3 is 20.4 Å². The van der Waals surface area contributed by atoms with E-state index in [0.717, 1.165) is 5.56 Å². The highest BCUT2D eigenvalue weighted by Gasteiger charge is 2.20. The van der Waals surface area contributed by atoms with E-state index in [1.165, 1.54) is 4.90 Å². The Labute approximate surface area is 118 Å². The molecule has 6 nitrogen and oxygen atoms in total. The first kappa shape index (κ1) is 16.0. The third-order valence-corrected chi connectivity index (χ3v) is 2.99. The Morgan fingerprint density at radius 3 is 2.50 bits per heavy atom. The SMILES string of the molecule is CN(C(=O)NCCCC(=O)O)C(CO)c1ccccc1. The van der Waals surface area contributed by atoms with Crippen molar-refractivity contribution >= 4 is 12.0 Å². The number of aliphatic hydroxyl groups excluding tert-OH is 1. The molecule has 1 rings (SSSR count). The molecule has 2 amide bonds. The lowest BCUT2D eigenvalue weighted by atomic mass is 10.1. The molecule has 0 radical (unpaired) electrons. The monoisotopic (exact) mass is 280 g/mol. The van der Waals surface area contributed by atoms with E-state index in [9.17, 15) is 14.7 Å². The largest absolute Gasteiger partial charge is 0.481 e. The number of nitrogens with zero attached hydrogens (tertiary/aromatic N) is 1. The van der Waals surface area contributed by atoms with E-state index < -0.39 is 12.0 Å². The highest BCUT2D eigenvalue weighted by Crippen LogP contribution is 2.18. The summed E-state index contributed by atoms with van der Waals surface area (Å²) in [5, 5.41) is 20.6. The molecule has 0 aromatic heterocycles. The summed E-state index contributed by atoms with van der Waals surface area (Å²) in [6.45, 7) is 0.117. The smallest absolute Gasteiger partial charge is 0.317 e. The minimum atomic E-state index is -0.884. The third-order valence-electron chi connectivity index (χ3n) is 2.99. The summed E-state index contributed by atoms with van der Waals surface area (Å²) in [6.07, 6.45) is 0.399. The summed E-state index contributed by atoms with van der Waals surface area (Å²) in [5.74, 6) is -0.884. The van der Waals surface area contributed by atoms with Crippen molar-refractivity contribution in [2.45, 2.75) is 18.9 Å². The van der Waals surface area contributed by atoms with Gasteiger partial charge in [-0.25, -0.2) is 4.79 Å². The molecular formula is C14H20N2O4. The van der Waals surface area contributed by atoms with Crippen LogP contribution in [0.3, 0.4) is 0 Å². The molecule has 0 aliphatic carbocycles. The number of nitrogens with one attached hydrogen (secondary N) is 1. The number of carboxylic acid groups (broad SMARTS) is 1. The van der Waals surface area contributed by atoms with Crippen LogP contribution in [0.1, 0.15) is 24.4 Å². The van der Waals surface area contributed by atoms with Crippen LogP contribution in [0.25, 0.3) is 0 Å². The molecule has 1 unspecified atom stereocenters. The van der Waals surface area contributed by atoms with Crippen LogP contribution >= 0.6 is 0 Å². The zero-order valence-corrected chi connectivity index (χ0v) is 11.5. The van der Waals surface area contributed by atoms with Gasteiger partial charge in [-0.3, -0.25) is 4.79 Å². The van der Waals surface area contributed by atoms with Gasteiger partial charge in [-0.2, -0.15) is 0 Å². The van der Waals surface area contributed by atoms with E-state index in [-0.39, 0.29) is 19.1 Å². The van der Waals surface area contributed by atoms with Gasteiger partial charge in [0.1, 0.15) is 0 Å². The van der Waals surface area contributed by atoms with Crippen molar-refractivity contribution < 1.29 is 19.8 Å². The number of aliphatic hydroxyl groups is 1. The van der Waals surface area contributed by atoms with Crippen LogP contribution in [0.2, 0.25) is 0 Å². The number of hydrogen-bond donors (Lipinski definition) is 3. The number of urea groups is 1. The number of carbonyl (C=O) groups is 2. The molecule has 0 spiro atoms. The van der Waals surface area contributed by atoms with Gasteiger partial charge in [-0.15, -0.1) is 0 Å². The second-order valence-corrected chi connectivity index (χ2v) is 4.45. The number of rotatable bonds is 7. The molecule has 0 saturated carbocycles. The molecule has 1 aromatic carbocycles. The van der Waals surface area contributed by atoms with Gasteiger partial charge in [0.05, 0.1) is 12.6 Å². The Balaban J connectivity index is 2.51. The van der Waals surface area contributed by atoms with Crippen LogP contribution in [0, 0.1) is 0 Å². The van der Waals surface area contributed by atoms with Crippen molar-refractivity contribution in [3.05, 3.63) is 35.9 Å². The summed E-state index contributed by atoms with van der Waals surface area (Å²) in [5.41, 5.74) is 0.846. The molecule has 0 heterocycles.